The number of sulfonamides is 1. The van der Waals surface area contributed by atoms with Crippen LogP contribution in [0.3, 0.4) is 0 Å². The van der Waals surface area contributed by atoms with E-state index in [0.29, 0.717) is 16.7 Å². The summed E-state index contributed by atoms with van der Waals surface area (Å²) in [7, 11) is -7.05. The summed E-state index contributed by atoms with van der Waals surface area (Å²) in [4.78, 5) is 11.1. The first kappa shape index (κ1) is 25.2. The molecular formula is C24H25NO5S3. The van der Waals surface area contributed by atoms with Crippen LogP contribution >= 0.6 is 11.8 Å². The summed E-state index contributed by atoms with van der Waals surface area (Å²) in [6, 6.07) is 22.1. The first-order valence-corrected chi connectivity index (χ1v) is 14.7. The summed E-state index contributed by atoms with van der Waals surface area (Å²) in [5.41, 5.74) is 4.69. The second-order valence-corrected chi connectivity index (χ2v) is 12.5. The fourth-order valence-electron chi connectivity index (χ4n) is 3.35. The van der Waals surface area contributed by atoms with Crippen LogP contribution in [0.1, 0.15) is 28.4 Å². The Hall–Kier alpha value is -2.46. The van der Waals surface area contributed by atoms with E-state index in [2.05, 4.69) is 0 Å². The largest absolute Gasteiger partial charge is 0.303 e. The number of carbonyl (C=O) groups is 1. The molecule has 0 saturated heterocycles. The second kappa shape index (κ2) is 10.6. The van der Waals surface area contributed by atoms with Crippen LogP contribution in [0.15, 0.2) is 77.7 Å². The molecule has 174 valence electrons. The van der Waals surface area contributed by atoms with Gasteiger partial charge in [0.1, 0.15) is 11.5 Å². The maximum absolute atomic E-state index is 11.7. The number of carbonyl (C=O) groups excluding carboxylic acids is 1. The van der Waals surface area contributed by atoms with Crippen molar-refractivity contribution in [2.75, 3.05) is 6.26 Å². The topological polar surface area (TPSA) is 111 Å². The van der Waals surface area contributed by atoms with Crippen molar-refractivity contribution in [3.8, 4) is 11.1 Å². The number of benzene rings is 3. The smallest absolute Gasteiger partial charge is 0.216 e. The molecule has 9 heteroatoms. The summed E-state index contributed by atoms with van der Waals surface area (Å²) in [5.74, 6) is 1.56. The number of hydrogen-bond acceptors (Lipinski definition) is 6. The minimum Gasteiger partial charge on any atom is -0.303 e. The highest BCUT2D eigenvalue weighted by molar-refractivity contribution is 7.97. The molecule has 3 aromatic carbocycles. The summed E-state index contributed by atoms with van der Waals surface area (Å²) >= 11 is 1.73. The van der Waals surface area contributed by atoms with Gasteiger partial charge < -0.3 is 4.79 Å². The van der Waals surface area contributed by atoms with Crippen molar-refractivity contribution in [2.24, 2.45) is 5.14 Å². The molecule has 3 rings (SSSR count). The third-order valence-electron chi connectivity index (χ3n) is 5.17. The molecule has 0 saturated carbocycles. The van der Waals surface area contributed by atoms with Gasteiger partial charge in [-0.2, -0.15) is 11.8 Å². The minimum absolute atomic E-state index is 0.162. The molecule has 0 radical (unpaired) electrons. The first-order valence-electron chi connectivity index (χ1n) is 10.1. The predicted octanol–water partition coefficient (Wildman–Crippen LogP) is 4.11. The van der Waals surface area contributed by atoms with Crippen LogP contribution in [0.25, 0.3) is 11.1 Å². The molecule has 1 atom stereocenters. The lowest BCUT2D eigenvalue weighted by Gasteiger charge is -2.13. The monoisotopic (exact) mass is 503 g/mol. The minimum atomic E-state index is -3.84. The van der Waals surface area contributed by atoms with E-state index in [1.807, 2.05) is 36.4 Å². The Balaban J connectivity index is 1.57. The van der Waals surface area contributed by atoms with E-state index in [1.165, 1.54) is 6.26 Å². The summed E-state index contributed by atoms with van der Waals surface area (Å²) in [6.45, 7) is 0. The van der Waals surface area contributed by atoms with Crippen LogP contribution in [0.5, 0.6) is 0 Å². The zero-order valence-corrected chi connectivity index (χ0v) is 20.5. The number of hydrogen-bond donors (Lipinski definition) is 1. The van der Waals surface area contributed by atoms with Crippen molar-refractivity contribution >= 4 is 37.9 Å². The highest BCUT2D eigenvalue weighted by atomic mass is 32.2. The maximum Gasteiger partial charge on any atom is 0.216 e. The van der Waals surface area contributed by atoms with Crippen LogP contribution in [0, 0.1) is 0 Å². The summed E-state index contributed by atoms with van der Waals surface area (Å²) in [6.07, 6.45) is 1.59. The standard InChI is InChI=1S/C24H25NO5S3/c1-32(27,28)23-12-10-21(11-13-23)20-6-2-18(3-7-20)16-31-17-19-4-8-22(9-5-19)24(14-15-26)33(25,29)30/h2-13,15,24H,14,16-17H2,1H3,(H2,25,29,30). The normalized spacial score (nSPS) is 12.9. The van der Waals surface area contributed by atoms with Gasteiger partial charge in [0.15, 0.2) is 9.84 Å². The first-order chi connectivity index (χ1) is 15.6. The van der Waals surface area contributed by atoms with Gasteiger partial charge >= 0.3 is 0 Å². The highest BCUT2D eigenvalue weighted by Crippen LogP contribution is 2.26. The molecule has 1 unspecified atom stereocenters. The average molecular weight is 504 g/mol. The van der Waals surface area contributed by atoms with Crippen LogP contribution in [0.2, 0.25) is 0 Å². The third-order valence-corrected chi connectivity index (χ3v) is 8.63. The Labute approximate surface area is 199 Å². The quantitative estimate of drug-likeness (QED) is 0.417. The molecule has 0 heterocycles. The van der Waals surface area contributed by atoms with Crippen LogP contribution < -0.4 is 5.14 Å². The van der Waals surface area contributed by atoms with Gasteiger partial charge in [-0.1, -0.05) is 60.7 Å². The van der Waals surface area contributed by atoms with Crippen LogP contribution in [-0.2, 0) is 36.2 Å². The van der Waals surface area contributed by atoms with Crippen molar-refractivity contribution in [3.63, 3.8) is 0 Å². The van der Waals surface area contributed by atoms with E-state index in [1.54, 1.807) is 48.2 Å². The van der Waals surface area contributed by atoms with E-state index in [0.717, 1.165) is 33.8 Å². The van der Waals surface area contributed by atoms with Crippen LogP contribution in [-0.4, -0.2) is 29.4 Å². The summed E-state index contributed by atoms with van der Waals surface area (Å²) in [5, 5.41) is 4.22. The predicted molar refractivity (Wildman–Crippen MR) is 133 cm³/mol. The number of thioether (sulfide) groups is 1. The molecule has 0 bridgehead atoms. The zero-order chi connectivity index (χ0) is 24.1. The van der Waals surface area contributed by atoms with E-state index >= 15 is 0 Å². The van der Waals surface area contributed by atoms with Gasteiger partial charge in [-0.3, -0.25) is 0 Å². The van der Waals surface area contributed by atoms with Crippen molar-refractivity contribution in [1.29, 1.82) is 0 Å². The maximum atomic E-state index is 11.7. The molecule has 0 aromatic heterocycles. The molecule has 0 spiro atoms. The SMILES string of the molecule is CS(=O)(=O)c1ccc(-c2ccc(CSCc3ccc(C(CC=O)S(N)(=O)=O)cc3)cc2)cc1. The van der Waals surface area contributed by atoms with Crippen molar-refractivity contribution in [3.05, 3.63) is 89.5 Å². The lowest BCUT2D eigenvalue weighted by molar-refractivity contribution is -0.107. The van der Waals surface area contributed by atoms with Gasteiger partial charge in [0.25, 0.3) is 0 Å². The highest BCUT2D eigenvalue weighted by Gasteiger charge is 2.23. The molecular weight excluding hydrogens is 478 g/mol. The lowest BCUT2D eigenvalue weighted by atomic mass is 10.0. The molecule has 6 nitrogen and oxygen atoms in total. The molecule has 2 N–H and O–H groups in total. The van der Waals surface area contributed by atoms with Crippen LogP contribution in [0.4, 0.5) is 0 Å². The molecule has 0 fully saturated rings. The van der Waals surface area contributed by atoms with E-state index in [-0.39, 0.29) is 6.42 Å². The van der Waals surface area contributed by atoms with Gasteiger partial charge in [0, 0.05) is 24.2 Å². The number of primary sulfonamides is 1. The number of aldehydes is 1. The Kier molecular flexibility index (Phi) is 8.12. The van der Waals surface area contributed by atoms with Gasteiger partial charge in [-0.15, -0.1) is 0 Å². The van der Waals surface area contributed by atoms with Crippen molar-refractivity contribution in [1.82, 2.24) is 0 Å². The molecule has 3 aromatic rings. The van der Waals surface area contributed by atoms with E-state index < -0.39 is 25.1 Å². The molecule has 0 amide bonds. The Morgan fingerprint density at radius 1 is 0.788 bits per heavy atom. The number of nitrogens with two attached hydrogens (primary N) is 1. The Morgan fingerprint density at radius 2 is 1.24 bits per heavy atom. The number of rotatable bonds is 10. The Morgan fingerprint density at radius 3 is 1.67 bits per heavy atom. The van der Waals surface area contributed by atoms with Gasteiger partial charge in [0.2, 0.25) is 10.0 Å². The molecule has 0 aliphatic heterocycles. The van der Waals surface area contributed by atoms with E-state index in [9.17, 15) is 21.6 Å². The van der Waals surface area contributed by atoms with E-state index in [4.69, 9.17) is 5.14 Å². The van der Waals surface area contributed by atoms with Gasteiger partial charge in [0.05, 0.1) is 4.90 Å². The fraction of sp³-hybridized carbons (Fsp3) is 0.208. The van der Waals surface area contributed by atoms with Crippen molar-refractivity contribution < 1.29 is 21.6 Å². The lowest BCUT2D eigenvalue weighted by Crippen LogP contribution is -2.22. The average Bonchev–Trinajstić information content (AvgIpc) is 2.77. The molecule has 0 aliphatic carbocycles. The second-order valence-electron chi connectivity index (χ2n) is 7.71. The zero-order valence-electron chi connectivity index (χ0n) is 18.0. The van der Waals surface area contributed by atoms with Gasteiger partial charge in [-0.25, -0.2) is 22.0 Å². The third kappa shape index (κ3) is 7.01. The fourth-order valence-corrected chi connectivity index (χ4v) is 5.82. The molecule has 0 aliphatic rings. The molecule has 33 heavy (non-hydrogen) atoms. The van der Waals surface area contributed by atoms with Crippen molar-refractivity contribution in [2.45, 2.75) is 28.1 Å². The Bertz CT molecular complexity index is 1300. The van der Waals surface area contributed by atoms with Gasteiger partial charge in [-0.05, 0) is 39.9 Å². The number of sulfone groups is 1. The summed E-state index contributed by atoms with van der Waals surface area (Å²) < 4.78 is 46.6.